The van der Waals surface area contributed by atoms with Crippen molar-refractivity contribution in [3.05, 3.63) is 0 Å². The summed E-state index contributed by atoms with van der Waals surface area (Å²) in [6.45, 7) is 1.87. The molecule has 1 rings (SSSR count). The SMILES string of the molecule is CN(C)C(=O)CN1CCC(NCCC(F)(F)F)CC1. The maximum atomic E-state index is 12.0. The average molecular weight is 281 g/mol. The fourth-order valence-corrected chi connectivity index (χ4v) is 2.05. The molecule has 0 saturated carbocycles. The number of likely N-dealkylation sites (tertiary alicyclic amines) is 1. The van der Waals surface area contributed by atoms with E-state index < -0.39 is 12.6 Å². The number of carbonyl (C=O) groups is 1. The molecule has 1 aliphatic rings. The Kier molecular flexibility index (Phi) is 6.06. The molecule has 0 aromatic carbocycles. The molecule has 1 fully saturated rings. The van der Waals surface area contributed by atoms with Crippen molar-refractivity contribution in [2.45, 2.75) is 31.5 Å². The van der Waals surface area contributed by atoms with Gasteiger partial charge in [0.15, 0.2) is 0 Å². The Hall–Kier alpha value is -0.820. The fraction of sp³-hybridized carbons (Fsp3) is 0.917. The van der Waals surface area contributed by atoms with Crippen LogP contribution in [0.2, 0.25) is 0 Å². The van der Waals surface area contributed by atoms with Gasteiger partial charge in [-0.15, -0.1) is 0 Å². The highest BCUT2D eigenvalue weighted by Gasteiger charge is 2.27. The molecule has 1 heterocycles. The summed E-state index contributed by atoms with van der Waals surface area (Å²) in [6, 6.07) is 0.132. The maximum Gasteiger partial charge on any atom is 0.390 e. The molecule has 1 amide bonds. The van der Waals surface area contributed by atoms with E-state index in [-0.39, 0.29) is 18.5 Å². The van der Waals surface area contributed by atoms with Crippen molar-refractivity contribution >= 4 is 5.91 Å². The third-order valence-corrected chi connectivity index (χ3v) is 3.29. The largest absolute Gasteiger partial charge is 0.390 e. The number of nitrogens with zero attached hydrogens (tertiary/aromatic N) is 2. The molecule has 0 aromatic heterocycles. The van der Waals surface area contributed by atoms with E-state index in [0.717, 1.165) is 25.9 Å². The van der Waals surface area contributed by atoms with E-state index in [9.17, 15) is 18.0 Å². The number of carbonyl (C=O) groups excluding carboxylic acids is 1. The summed E-state index contributed by atoms with van der Waals surface area (Å²) < 4.78 is 36.0. The van der Waals surface area contributed by atoms with E-state index in [1.807, 2.05) is 4.90 Å². The van der Waals surface area contributed by atoms with Crippen LogP contribution in [0.4, 0.5) is 13.2 Å². The van der Waals surface area contributed by atoms with Gasteiger partial charge in [0.05, 0.1) is 13.0 Å². The number of halogens is 3. The fourth-order valence-electron chi connectivity index (χ4n) is 2.05. The molecule has 1 N–H and O–H groups in total. The van der Waals surface area contributed by atoms with Crippen molar-refractivity contribution < 1.29 is 18.0 Å². The van der Waals surface area contributed by atoms with Gasteiger partial charge in [-0.3, -0.25) is 9.69 Å². The third kappa shape index (κ3) is 6.77. The third-order valence-electron chi connectivity index (χ3n) is 3.29. The second-order valence-electron chi connectivity index (χ2n) is 5.16. The highest BCUT2D eigenvalue weighted by atomic mass is 19.4. The summed E-state index contributed by atoms with van der Waals surface area (Å²) in [4.78, 5) is 15.1. The van der Waals surface area contributed by atoms with Crippen LogP contribution in [-0.4, -0.2) is 68.2 Å². The van der Waals surface area contributed by atoms with Gasteiger partial charge in [0, 0.05) is 39.8 Å². The summed E-state index contributed by atoms with van der Waals surface area (Å²) in [5.74, 6) is 0.0588. The highest BCUT2D eigenvalue weighted by molar-refractivity contribution is 5.77. The number of rotatable bonds is 5. The maximum absolute atomic E-state index is 12.0. The second-order valence-corrected chi connectivity index (χ2v) is 5.16. The molecule has 0 atom stereocenters. The second kappa shape index (κ2) is 7.09. The lowest BCUT2D eigenvalue weighted by Crippen LogP contribution is -2.46. The average Bonchev–Trinajstić information content (AvgIpc) is 2.29. The van der Waals surface area contributed by atoms with Crippen LogP contribution in [0.1, 0.15) is 19.3 Å². The van der Waals surface area contributed by atoms with Crippen molar-refractivity contribution in [1.29, 1.82) is 0 Å². The first-order valence-corrected chi connectivity index (χ1v) is 6.50. The van der Waals surface area contributed by atoms with Gasteiger partial charge >= 0.3 is 6.18 Å². The van der Waals surface area contributed by atoms with Crippen LogP contribution in [0, 0.1) is 0 Å². The molecule has 0 spiro atoms. The van der Waals surface area contributed by atoms with Crippen molar-refractivity contribution in [1.82, 2.24) is 15.1 Å². The van der Waals surface area contributed by atoms with Gasteiger partial charge in [0.25, 0.3) is 0 Å². The summed E-state index contributed by atoms with van der Waals surface area (Å²) in [5.41, 5.74) is 0. The van der Waals surface area contributed by atoms with E-state index in [1.165, 1.54) is 0 Å². The first-order chi connectivity index (χ1) is 8.78. The van der Waals surface area contributed by atoms with Crippen LogP contribution in [0.15, 0.2) is 0 Å². The van der Waals surface area contributed by atoms with Gasteiger partial charge < -0.3 is 10.2 Å². The van der Waals surface area contributed by atoms with E-state index in [2.05, 4.69) is 5.32 Å². The zero-order chi connectivity index (χ0) is 14.5. The summed E-state index contributed by atoms with van der Waals surface area (Å²) in [7, 11) is 3.43. The summed E-state index contributed by atoms with van der Waals surface area (Å²) in [6.07, 6.45) is -3.30. The summed E-state index contributed by atoms with van der Waals surface area (Å²) in [5, 5.41) is 2.93. The van der Waals surface area contributed by atoms with Crippen LogP contribution in [-0.2, 0) is 4.79 Å². The van der Waals surface area contributed by atoms with Gasteiger partial charge in [-0.1, -0.05) is 0 Å². The number of likely N-dealkylation sites (N-methyl/N-ethyl adjacent to an activating group) is 1. The molecule has 1 saturated heterocycles. The summed E-state index contributed by atoms with van der Waals surface area (Å²) >= 11 is 0. The van der Waals surface area contributed by atoms with Gasteiger partial charge in [-0.25, -0.2) is 0 Å². The molecule has 0 bridgehead atoms. The lowest BCUT2D eigenvalue weighted by molar-refractivity contribution is -0.134. The molecule has 1 aliphatic heterocycles. The Labute approximate surface area is 111 Å². The molecule has 112 valence electrons. The van der Waals surface area contributed by atoms with Crippen molar-refractivity contribution in [2.75, 3.05) is 40.3 Å². The molecule has 0 aliphatic carbocycles. The minimum absolute atomic E-state index is 0.0230. The molecular formula is C12H22F3N3O. The number of hydrogen-bond donors (Lipinski definition) is 1. The molecule has 0 unspecified atom stereocenters. The molecule has 19 heavy (non-hydrogen) atoms. The molecular weight excluding hydrogens is 259 g/mol. The Bertz CT molecular complexity index is 286. The van der Waals surface area contributed by atoms with Gasteiger partial charge in [0.2, 0.25) is 5.91 Å². The Morgan fingerprint density at radius 2 is 1.89 bits per heavy atom. The number of hydrogen-bond acceptors (Lipinski definition) is 3. The van der Waals surface area contributed by atoms with Crippen LogP contribution in [0.25, 0.3) is 0 Å². The first-order valence-electron chi connectivity index (χ1n) is 6.50. The molecule has 0 aromatic rings. The zero-order valence-electron chi connectivity index (χ0n) is 11.5. The van der Waals surface area contributed by atoms with Crippen molar-refractivity contribution in [2.24, 2.45) is 0 Å². The van der Waals surface area contributed by atoms with Crippen LogP contribution < -0.4 is 5.32 Å². The number of amides is 1. The standard InChI is InChI=1S/C12H22F3N3O/c1-17(2)11(19)9-18-7-3-10(4-8-18)16-6-5-12(13,14)15/h10,16H,3-9H2,1-2H3. The highest BCUT2D eigenvalue weighted by Crippen LogP contribution is 2.19. The molecule has 4 nitrogen and oxygen atoms in total. The minimum Gasteiger partial charge on any atom is -0.348 e. The van der Waals surface area contributed by atoms with E-state index in [0.29, 0.717) is 6.54 Å². The van der Waals surface area contributed by atoms with Crippen LogP contribution >= 0.6 is 0 Å². The zero-order valence-corrected chi connectivity index (χ0v) is 11.5. The van der Waals surface area contributed by atoms with Crippen molar-refractivity contribution in [3.8, 4) is 0 Å². The van der Waals surface area contributed by atoms with Gasteiger partial charge in [-0.2, -0.15) is 13.2 Å². The monoisotopic (exact) mass is 281 g/mol. The number of nitrogens with one attached hydrogen (secondary N) is 1. The topological polar surface area (TPSA) is 35.6 Å². The lowest BCUT2D eigenvalue weighted by Gasteiger charge is -2.32. The molecule has 7 heteroatoms. The molecule has 0 radical (unpaired) electrons. The van der Waals surface area contributed by atoms with E-state index in [4.69, 9.17) is 0 Å². The smallest absolute Gasteiger partial charge is 0.348 e. The first kappa shape index (κ1) is 16.2. The Balaban J connectivity index is 2.17. The number of piperidine rings is 1. The van der Waals surface area contributed by atoms with Gasteiger partial charge in [-0.05, 0) is 12.8 Å². The Morgan fingerprint density at radius 1 is 1.32 bits per heavy atom. The van der Waals surface area contributed by atoms with Crippen LogP contribution in [0.5, 0.6) is 0 Å². The van der Waals surface area contributed by atoms with E-state index >= 15 is 0 Å². The van der Waals surface area contributed by atoms with E-state index in [1.54, 1.807) is 19.0 Å². The van der Waals surface area contributed by atoms with Gasteiger partial charge in [0.1, 0.15) is 0 Å². The predicted molar refractivity (Wildman–Crippen MR) is 66.8 cm³/mol. The predicted octanol–water partition coefficient (Wildman–Crippen LogP) is 1.08. The van der Waals surface area contributed by atoms with Crippen molar-refractivity contribution in [3.63, 3.8) is 0 Å². The Morgan fingerprint density at radius 3 is 2.37 bits per heavy atom. The lowest BCUT2D eigenvalue weighted by atomic mass is 10.0. The number of alkyl halides is 3. The quantitative estimate of drug-likeness (QED) is 0.819. The minimum atomic E-state index is -4.09. The normalized spacial score (nSPS) is 18.6. The van der Waals surface area contributed by atoms with Crippen LogP contribution in [0.3, 0.4) is 0 Å².